The number of ether oxygens (including phenoxy) is 1. The number of rotatable bonds is 8. The highest BCUT2D eigenvalue weighted by atomic mass is 32.2. The number of benzene rings is 2. The number of hydrogen-bond donors (Lipinski definition) is 2. The molecule has 146 valence electrons. The summed E-state index contributed by atoms with van der Waals surface area (Å²) in [7, 11) is -3.71. The number of hydrogen-bond acceptors (Lipinski definition) is 5. The number of aryl methyl sites for hydroxylation is 1. The van der Waals surface area contributed by atoms with E-state index >= 15 is 0 Å². The standard InChI is InChI=1S/C21H23N3O3S/c1-3-27-19-9-11-20(12-10-19)28(25,26)24-21-13-8-18(15-23-21)22-14-17-7-5-4-6-16(17)2/h4-13,15,22H,3,14H2,1-2H3,(H,23,24). The molecule has 0 radical (unpaired) electrons. The molecule has 1 heterocycles. The average Bonchev–Trinajstić information content (AvgIpc) is 2.69. The highest BCUT2D eigenvalue weighted by Crippen LogP contribution is 2.19. The first kappa shape index (κ1) is 19.7. The van der Waals surface area contributed by atoms with E-state index in [1.54, 1.807) is 30.5 Å². The third-order valence-electron chi connectivity index (χ3n) is 4.19. The lowest BCUT2D eigenvalue weighted by molar-refractivity contribution is 0.340. The van der Waals surface area contributed by atoms with Gasteiger partial charge in [0.15, 0.2) is 0 Å². The molecule has 1 aromatic heterocycles. The first-order valence-electron chi connectivity index (χ1n) is 8.98. The van der Waals surface area contributed by atoms with Crippen molar-refractivity contribution in [1.82, 2.24) is 4.98 Å². The predicted molar refractivity (Wildman–Crippen MR) is 111 cm³/mol. The maximum absolute atomic E-state index is 12.5. The van der Waals surface area contributed by atoms with Crippen LogP contribution in [0.25, 0.3) is 0 Å². The van der Waals surface area contributed by atoms with Crippen molar-refractivity contribution in [2.75, 3.05) is 16.6 Å². The molecule has 2 aromatic carbocycles. The molecule has 2 N–H and O–H groups in total. The summed E-state index contributed by atoms with van der Waals surface area (Å²) in [5.41, 5.74) is 3.22. The zero-order chi connectivity index (χ0) is 20.0. The van der Waals surface area contributed by atoms with Gasteiger partial charge in [-0.3, -0.25) is 4.72 Å². The zero-order valence-corrected chi connectivity index (χ0v) is 16.7. The Balaban J connectivity index is 1.63. The first-order valence-corrected chi connectivity index (χ1v) is 10.5. The molecular weight excluding hydrogens is 374 g/mol. The summed E-state index contributed by atoms with van der Waals surface area (Å²) in [6.07, 6.45) is 1.61. The van der Waals surface area contributed by atoms with Gasteiger partial charge in [0, 0.05) is 6.54 Å². The quantitative estimate of drug-likeness (QED) is 0.595. The minimum Gasteiger partial charge on any atom is -0.494 e. The fourth-order valence-electron chi connectivity index (χ4n) is 2.64. The van der Waals surface area contributed by atoms with Crippen molar-refractivity contribution >= 4 is 21.5 Å². The van der Waals surface area contributed by atoms with Crippen LogP contribution in [0.1, 0.15) is 18.1 Å². The summed E-state index contributed by atoms with van der Waals surface area (Å²) in [6.45, 7) is 5.13. The molecule has 28 heavy (non-hydrogen) atoms. The fraction of sp³-hybridized carbons (Fsp3) is 0.190. The van der Waals surface area contributed by atoms with Crippen LogP contribution in [0.2, 0.25) is 0 Å². The average molecular weight is 398 g/mol. The molecule has 0 saturated heterocycles. The number of pyridine rings is 1. The summed E-state index contributed by atoms with van der Waals surface area (Å²) in [6, 6.07) is 17.8. The normalized spacial score (nSPS) is 11.1. The molecule has 0 fully saturated rings. The summed E-state index contributed by atoms with van der Waals surface area (Å²) in [4.78, 5) is 4.35. The Morgan fingerprint density at radius 2 is 1.75 bits per heavy atom. The van der Waals surface area contributed by atoms with Gasteiger partial charge in [-0.15, -0.1) is 0 Å². The molecule has 0 unspecified atom stereocenters. The second-order valence-corrected chi connectivity index (χ2v) is 7.90. The topological polar surface area (TPSA) is 80.3 Å². The number of sulfonamides is 1. The molecule has 0 atom stereocenters. The van der Waals surface area contributed by atoms with Crippen molar-refractivity contribution in [2.45, 2.75) is 25.3 Å². The van der Waals surface area contributed by atoms with Gasteiger partial charge in [0.1, 0.15) is 11.6 Å². The summed E-state index contributed by atoms with van der Waals surface area (Å²) >= 11 is 0. The summed E-state index contributed by atoms with van der Waals surface area (Å²) in [5.74, 6) is 0.888. The molecule has 7 heteroatoms. The van der Waals surface area contributed by atoms with Crippen LogP contribution in [-0.2, 0) is 16.6 Å². The van der Waals surface area contributed by atoms with Crippen LogP contribution >= 0.6 is 0 Å². The van der Waals surface area contributed by atoms with Crippen LogP contribution in [0.4, 0.5) is 11.5 Å². The third-order valence-corrected chi connectivity index (χ3v) is 5.56. The van der Waals surface area contributed by atoms with Crippen LogP contribution in [0.5, 0.6) is 5.75 Å². The largest absolute Gasteiger partial charge is 0.494 e. The molecule has 3 rings (SSSR count). The molecule has 0 amide bonds. The van der Waals surface area contributed by atoms with Crippen LogP contribution in [0.3, 0.4) is 0 Å². The molecule has 0 aliphatic carbocycles. The second-order valence-electron chi connectivity index (χ2n) is 6.22. The zero-order valence-electron chi connectivity index (χ0n) is 15.8. The maximum atomic E-state index is 12.5. The van der Waals surface area contributed by atoms with Crippen LogP contribution in [0, 0.1) is 6.92 Å². The van der Waals surface area contributed by atoms with Crippen LogP contribution in [-0.4, -0.2) is 20.0 Å². The lowest BCUT2D eigenvalue weighted by Crippen LogP contribution is -2.14. The minimum atomic E-state index is -3.71. The van der Waals surface area contributed by atoms with Crippen molar-refractivity contribution in [3.05, 3.63) is 78.0 Å². The summed E-state index contributed by atoms with van der Waals surface area (Å²) < 4.78 is 32.8. The molecule has 0 bridgehead atoms. The number of aromatic nitrogens is 1. The molecular formula is C21H23N3O3S. The Morgan fingerprint density at radius 1 is 1.00 bits per heavy atom. The van der Waals surface area contributed by atoms with Crippen molar-refractivity contribution < 1.29 is 13.2 Å². The molecule has 0 aliphatic rings. The van der Waals surface area contributed by atoms with Crippen molar-refractivity contribution in [1.29, 1.82) is 0 Å². The monoisotopic (exact) mass is 397 g/mol. The molecule has 0 aliphatic heterocycles. The van der Waals surface area contributed by atoms with E-state index < -0.39 is 10.0 Å². The Bertz CT molecular complexity index is 1020. The van der Waals surface area contributed by atoms with Gasteiger partial charge >= 0.3 is 0 Å². The van der Waals surface area contributed by atoms with E-state index in [1.807, 2.05) is 19.1 Å². The Morgan fingerprint density at radius 3 is 2.39 bits per heavy atom. The van der Waals surface area contributed by atoms with E-state index in [0.29, 0.717) is 18.9 Å². The maximum Gasteiger partial charge on any atom is 0.263 e. The molecule has 0 spiro atoms. The van der Waals surface area contributed by atoms with E-state index in [-0.39, 0.29) is 10.7 Å². The van der Waals surface area contributed by atoms with Gasteiger partial charge in [-0.05, 0) is 61.4 Å². The predicted octanol–water partition coefficient (Wildman–Crippen LogP) is 4.20. The van der Waals surface area contributed by atoms with Gasteiger partial charge in [-0.2, -0.15) is 0 Å². The van der Waals surface area contributed by atoms with Gasteiger partial charge in [-0.25, -0.2) is 13.4 Å². The lowest BCUT2D eigenvalue weighted by atomic mass is 10.1. The minimum absolute atomic E-state index is 0.152. The highest BCUT2D eigenvalue weighted by molar-refractivity contribution is 7.92. The number of anilines is 2. The smallest absolute Gasteiger partial charge is 0.263 e. The van der Waals surface area contributed by atoms with Gasteiger partial charge in [0.2, 0.25) is 0 Å². The van der Waals surface area contributed by atoms with E-state index in [9.17, 15) is 8.42 Å². The lowest BCUT2D eigenvalue weighted by Gasteiger charge is -2.11. The SMILES string of the molecule is CCOc1ccc(S(=O)(=O)Nc2ccc(NCc3ccccc3C)cn2)cc1. The van der Waals surface area contributed by atoms with Gasteiger partial charge in [0.05, 0.1) is 23.4 Å². The van der Waals surface area contributed by atoms with Crippen LogP contribution in [0.15, 0.2) is 71.8 Å². The van der Waals surface area contributed by atoms with Gasteiger partial charge in [0.25, 0.3) is 10.0 Å². The van der Waals surface area contributed by atoms with Crippen LogP contribution < -0.4 is 14.8 Å². The number of nitrogens with one attached hydrogen (secondary N) is 2. The Hall–Kier alpha value is -3.06. The van der Waals surface area contributed by atoms with Gasteiger partial charge in [-0.1, -0.05) is 24.3 Å². The highest BCUT2D eigenvalue weighted by Gasteiger charge is 2.15. The van der Waals surface area contributed by atoms with E-state index in [1.165, 1.54) is 23.3 Å². The van der Waals surface area contributed by atoms with E-state index in [4.69, 9.17) is 4.74 Å². The van der Waals surface area contributed by atoms with Crippen molar-refractivity contribution in [3.8, 4) is 5.75 Å². The van der Waals surface area contributed by atoms with Crippen molar-refractivity contribution in [2.24, 2.45) is 0 Å². The Kier molecular flexibility index (Phi) is 6.16. The van der Waals surface area contributed by atoms with E-state index in [2.05, 4.69) is 34.1 Å². The second kappa shape index (κ2) is 8.75. The third kappa shape index (κ3) is 5.01. The molecule has 6 nitrogen and oxygen atoms in total. The van der Waals surface area contributed by atoms with Crippen molar-refractivity contribution in [3.63, 3.8) is 0 Å². The summed E-state index contributed by atoms with van der Waals surface area (Å²) in [5, 5.41) is 3.29. The fourth-order valence-corrected chi connectivity index (χ4v) is 3.65. The number of nitrogens with zero attached hydrogens (tertiary/aromatic N) is 1. The molecule has 0 saturated carbocycles. The van der Waals surface area contributed by atoms with E-state index in [0.717, 1.165) is 5.69 Å². The Labute approximate surface area is 165 Å². The van der Waals surface area contributed by atoms with Gasteiger partial charge < -0.3 is 10.1 Å². The molecule has 3 aromatic rings. The first-order chi connectivity index (χ1) is 13.5.